The maximum atomic E-state index is 10.8. The average Bonchev–Trinajstić information content (AvgIpc) is 2.77. The Morgan fingerprint density at radius 3 is 2.22 bits per heavy atom. The topological polar surface area (TPSA) is 94.8 Å². The van der Waals surface area contributed by atoms with Crippen molar-refractivity contribution in [1.29, 1.82) is 0 Å². The Kier molecular flexibility index (Phi) is 3.03. The lowest BCUT2D eigenvalue weighted by Gasteiger charge is -2.02. The number of aromatic carboxylic acids is 2. The number of rotatable bonds is 3. The van der Waals surface area contributed by atoms with Gasteiger partial charge in [-0.25, -0.2) is 9.59 Å². The molecule has 0 amide bonds. The van der Waals surface area contributed by atoms with Gasteiger partial charge in [-0.1, -0.05) is 0 Å². The molecule has 0 spiro atoms. The Bertz CT molecular complexity index is 629. The van der Waals surface area contributed by atoms with Crippen LogP contribution in [0.5, 0.6) is 5.75 Å². The van der Waals surface area contributed by atoms with E-state index in [4.69, 9.17) is 10.2 Å². The van der Waals surface area contributed by atoms with E-state index >= 15 is 0 Å². The second-order valence-corrected chi connectivity index (χ2v) is 4.49. The third kappa shape index (κ3) is 2.33. The third-order valence-electron chi connectivity index (χ3n) is 2.31. The molecule has 1 heterocycles. The number of aromatic hydroxyl groups is 1. The normalized spacial score (nSPS) is 10.2. The maximum Gasteiger partial charge on any atom is 0.345 e. The molecule has 5 nitrogen and oxygen atoms in total. The molecule has 0 bridgehead atoms. The van der Waals surface area contributed by atoms with Gasteiger partial charge in [0.25, 0.3) is 0 Å². The number of carboxylic acid groups (broad SMARTS) is 2. The van der Waals surface area contributed by atoms with E-state index < -0.39 is 11.9 Å². The summed E-state index contributed by atoms with van der Waals surface area (Å²) in [4.78, 5) is 21.8. The van der Waals surface area contributed by atoms with Gasteiger partial charge in [-0.05, 0) is 40.8 Å². The zero-order valence-corrected chi connectivity index (χ0v) is 9.77. The Hall–Kier alpha value is -2.34. The Labute approximate surface area is 106 Å². The van der Waals surface area contributed by atoms with Crippen LogP contribution in [-0.4, -0.2) is 27.3 Å². The lowest BCUT2D eigenvalue weighted by atomic mass is 10.0. The van der Waals surface area contributed by atoms with Gasteiger partial charge in [0.05, 0.1) is 5.56 Å². The summed E-state index contributed by atoms with van der Waals surface area (Å²) >= 11 is 1.04. The summed E-state index contributed by atoms with van der Waals surface area (Å²) in [6, 6.07) is 5.35. The number of phenolic OH excluding ortho intramolecular Hbond substituents is 1. The second kappa shape index (κ2) is 4.50. The van der Waals surface area contributed by atoms with Gasteiger partial charge in [-0.3, -0.25) is 0 Å². The largest absolute Gasteiger partial charge is 0.508 e. The number of carbonyl (C=O) groups is 2. The Morgan fingerprint density at radius 2 is 1.67 bits per heavy atom. The molecular formula is C12H8O5S. The molecule has 0 saturated heterocycles. The predicted octanol–water partition coefficient (Wildman–Crippen LogP) is 2.52. The van der Waals surface area contributed by atoms with Gasteiger partial charge in [-0.2, -0.15) is 0 Å². The molecular weight excluding hydrogens is 256 g/mol. The van der Waals surface area contributed by atoms with Crippen LogP contribution in [0.3, 0.4) is 0 Å². The van der Waals surface area contributed by atoms with Crippen LogP contribution in [0.4, 0.5) is 0 Å². The molecule has 0 unspecified atom stereocenters. The van der Waals surface area contributed by atoms with Crippen molar-refractivity contribution in [2.75, 3.05) is 0 Å². The van der Waals surface area contributed by atoms with E-state index in [-0.39, 0.29) is 16.2 Å². The van der Waals surface area contributed by atoms with Crippen molar-refractivity contribution in [1.82, 2.24) is 0 Å². The average molecular weight is 264 g/mol. The predicted molar refractivity (Wildman–Crippen MR) is 65.3 cm³/mol. The van der Waals surface area contributed by atoms with Crippen LogP contribution >= 0.6 is 11.3 Å². The molecule has 0 fully saturated rings. The van der Waals surface area contributed by atoms with E-state index in [0.29, 0.717) is 11.1 Å². The minimum absolute atomic E-state index is 0.0481. The van der Waals surface area contributed by atoms with E-state index in [1.54, 1.807) is 5.38 Å². The van der Waals surface area contributed by atoms with Crippen LogP contribution in [-0.2, 0) is 0 Å². The minimum Gasteiger partial charge on any atom is -0.508 e. The molecule has 0 radical (unpaired) electrons. The highest BCUT2D eigenvalue weighted by molar-refractivity contribution is 7.12. The molecule has 0 saturated carbocycles. The molecule has 1 aromatic carbocycles. The fourth-order valence-electron chi connectivity index (χ4n) is 1.50. The molecule has 0 aliphatic carbocycles. The Morgan fingerprint density at radius 1 is 0.944 bits per heavy atom. The molecule has 0 aliphatic heterocycles. The van der Waals surface area contributed by atoms with Crippen LogP contribution < -0.4 is 0 Å². The SMILES string of the molecule is O=C(O)c1cc(O)cc(-c2csc(C(=O)O)c2)c1. The van der Waals surface area contributed by atoms with Crippen molar-refractivity contribution in [3.8, 4) is 16.9 Å². The highest BCUT2D eigenvalue weighted by Gasteiger charge is 2.11. The first-order valence-corrected chi connectivity index (χ1v) is 5.75. The molecule has 0 atom stereocenters. The minimum atomic E-state index is -1.15. The van der Waals surface area contributed by atoms with Crippen molar-refractivity contribution in [2.45, 2.75) is 0 Å². The molecule has 2 rings (SSSR count). The van der Waals surface area contributed by atoms with Crippen LogP contribution in [0.2, 0.25) is 0 Å². The second-order valence-electron chi connectivity index (χ2n) is 3.58. The number of hydrogen-bond acceptors (Lipinski definition) is 4. The summed E-state index contributed by atoms with van der Waals surface area (Å²) in [6.07, 6.45) is 0. The van der Waals surface area contributed by atoms with Crippen molar-refractivity contribution in [2.24, 2.45) is 0 Å². The fourth-order valence-corrected chi connectivity index (χ4v) is 2.25. The highest BCUT2D eigenvalue weighted by Crippen LogP contribution is 2.29. The van der Waals surface area contributed by atoms with E-state index in [2.05, 4.69) is 0 Å². The zero-order valence-electron chi connectivity index (χ0n) is 8.95. The standard InChI is InChI=1S/C12H8O5S/c13-9-2-6(1-7(3-9)11(14)15)8-4-10(12(16)17)18-5-8/h1-5,13H,(H,14,15)(H,16,17). The first-order chi connectivity index (χ1) is 8.47. The summed E-state index contributed by atoms with van der Waals surface area (Å²) in [6.45, 7) is 0. The van der Waals surface area contributed by atoms with Crippen LogP contribution in [0.25, 0.3) is 11.1 Å². The molecule has 3 N–H and O–H groups in total. The molecule has 18 heavy (non-hydrogen) atoms. The van der Waals surface area contributed by atoms with E-state index in [9.17, 15) is 14.7 Å². The van der Waals surface area contributed by atoms with Crippen molar-refractivity contribution >= 4 is 23.3 Å². The van der Waals surface area contributed by atoms with Gasteiger partial charge in [-0.15, -0.1) is 11.3 Å². The third-order valence-corrected chi connectivity index (χ3v) is 3.23. The smallest absolute Gasteiger partial charge is 0.345 e. The first-order valence-electron chi connectivity index (χ1n) is 4.87. The molecule has 0 aliphatic rings. The molecule has 1 aromatic heterocycles. The number of hydrogen-bond donors (Lipinski definition) is 3. The molecule has 2 aromatic rings. The number of benzene rings is 1. The van der Waals surface area contributed by atoms with Gasteiger partial charge < -0.3 is 15.3 Å². The molecule has 6 heteroatoms. The first kappa shape index (κ1) is 12.1. The van der Waals surface area contributed by atoms with Gasteiger partial charge in [0.1, 0.15) is 10.6 Å². The number of carboxylic acids is 2. The summed E-state index contributed by atoms with van der Waals surface area (Å²) in [5, 5.41) is 28.7. The van der Waals surface area contributed by atoms with Gasteiger partial charge in [0, 0.05) is 0 Å². The summed E-state index contributed by atoms with van der Waals surface area (Å²) < 4.78 is 0. The van der Waals surface area contributed by atoms with E-state index in [1.165, 1.54) is 18.2 Å². The monoisotopic (exact) mass is 264 g/mol. The van der Waals surface area contributed by atoms with Gasteiger partial charge in [0.15, 0.2) is 0 Å². The molecule has 92 valence electrons. The highest BCUT2D eigenvalue weighted by atomic mass is 32.1. The van der Waals surface area contributed by atoms with Crippen molar-refractivity contribution < 1.29 is 24.9 Å². The van der Waals surface area contributed by atoms with E-state index in [1.807, 2.05) is 0 Å². The maximum absolute atomic E-state index is 10.8. The van der Waals surface area contributed by atoms with Crippen LogP contribution in [0.15, 0.2) is 29.6 Å². The summed E-state index contributed by atoms with van der Waals surface area (Å²) in [5.41, 5.74) is 0.986. The van der Waals surface area contributed by atoms with Crippen LogP contribution in [0, 0.1) is 0 Å². The van der Waals surface area contributed by atoms with Crippen LogP contribution in [0.1, 0.15) is 20.0 Å². The van der Waals surface area contributed by atoms with Gasteiger partial charge in [0.2, 0.25) is 0 Å². The van der Waals surface area contributed by atoms with Crippen molar-refractivity contribution in [3.05, 3.63) is 40.1 Å². The quantitative estimate of drug-likeness (QED) is 0.791. The van der Waals surface area contributed by atoms with E-state index in [0.717, 1.165) is 17.4 Å². The lowest BCUT2D eigenvalue weighted by molar-refractivity contribution is 0.0688. The summed E-state index contributed by atoms with van der Waals surface area (Å²) in [5.74, 6) is -2.36. The summed E-state index contributed by atoms with van der Waals surface area (Å²) in [7, 11) is 0. The fraction of sp³-hybridized carbons (Fsp3) is 0. The van der Waals surface area contributed by atoms with Crippen molar-refractivity contribution in [3.63, 3.8) is 0 Å². The Balaban J connectivity index is 2.49. The van der Waals surface area contributed by atoms with Gasteiger partial charge >= 0.3 is 11.9 Å². The number of thiophene rings is 1. The number of phenols is 1. The lowest BCUT2D eigenvalue weighted by Crippen LogP contribution is -1.96. The zero-order chi connectivity index (χ0) is 13.3.